The van der Waals surface area contributed by atoms with Crippen molar-refractivity contribution in [1.29, 1.82) is 0 Å². The first-order valence-electron chi connectivity index (χ1n) is 6.02. The predicted molar refractivity (Wildman–Crippen MR) is 64.7 cm³/mol. The van der Waals surface area contributed by atoms with Crippen LogP contribution in [0.3, 0.4) is 0 Å². The zero-order chi connectivity index (χ0) is 16.8. The molecule has 1 unspecified atom stereocenters. The normalized spacial score (nSPS) is 12.9. The van der Waals surface area contributed by atoms with Gasteiger partial charge in [-0.05, 0) is 20.3 Å². The van der Waals surface area contributed by atoms with Crippen LogP contribution in [0.15, 0.2) is 0 Å². The number of nitrogens with one attached hydrogen (secondary N) is 1. The van der Waals surface area contributed by atoms with E-state index in [-0.39, 0.29) is 0 Å². The van der Waals surface area contributed by atoms with Crippen LogP contribution in [-0.4, -0.2) is 57.9 Å². The number of amides is 2. The van der Waals surface area contributed by atoms with Crippen LogP contribution in [0.4, 0.5) is 18.0 Å². The van der Waals surface area contributed by atoms with Crippen molar-refractivity contribution < 1.29 is 37.8 Å². The van der Waals surface area contributed by atoms with E-state index in [0.29, 0.717) is 4.90 Å². The number of carboxylic acids is 2. The van der Waals surface area contributed by atoms with Crippen LogP contribution < -0.4 is 5.32 Å². The first-order chi connectivity index (χ1) is 9.44. The molecule has 21 heavy (non-hydrogen) atoms. The van der Waals surface area contributed by atoms with Crippen LogP contribution in [0.1, 0.15) is 26.7 Å². The zero-order valence-corrected chi connectivity index (χ0v) is 11.5. The van der Waals surface area contributed by atoms with E-state index in [9.17, 15) is 27.6 Å². The summed E-state index contributed by atoms with van der Waals surface area (Å²) in [5.74, 6) is -2.79. The molecule has 0 radical (unpaired) electrons. The SMILES string of the molecule is CC(C)N(CC(F)(F)F)C(=O)NC(CCC(=O)O)C(=O)O. The van der Waals surface area contributed by atoms with Crippen LogP contribution in [0.25, 0.3) is 0 Å². The Morgan fingerprint density at radius 2 is 1.71 bits per heavy atom. The topological polar surface area (TPSA) is 107 Å². The van der Waals surface area contributed by atoms with Crippen LogP contribution in [0, 0.1) is 0 Å². The third kappa shape index (κ3) is 8.00. The average molecular weight is 314 g/mol. The van der Waals surface area contributed by atoms with Gasteiger partial charge in [-0.3, -0.25) is 4.79 Å². The number of carboxylic acid groups (broad SMARTS) is 2. The van der Waals surface area contributed by atoms with E-state index < -0.39 is 55.6 Å². The van der Waals surface area contributed by atoms with Gasteiger partial charge in [0, 0.05) is 12.5 Å². The molecule has 0 saturated carbocycles. The Bertz CT molecular complexity index is 398. The van der Waals surface area contributed by atoms with Gasteiger partial charge in [-0.1, -0.05) is 0 Å². The number of carbonyl (C=O) groups is 3. The summed E-state index contributed by atoms with van der Waals surface area (Å²) in [6, 6.07) is -3.58. The summed E-state index contributed by atoms with van der Waals surface area (Å²) in [6.45, 7) is 1.17. The lowest BCUT2D eigenvalue weighted by Gasteiger charge is -2.29. The second-order valence-electron chi connectivity index (χ2n) is 4.61. The largest absolute Gasteiger partial charge is 0.481 e. The Morgan fingerprint density at radius 1 is 1.19 bits per heavy atom. The van der Waals surface area contributed by atoms with E-state index in [1.807, 2.05) is 5.32 Å². The van der Waals surface area contributed by atoms with Crippen molar-refractivity contribution in [3.8, 4) is 0 Å². The molecule has 10 heteroatoms. The van der Waals surface area contributed by atoms with Gasteiger partial charge in [0.2, 0.25) is 0 Å². The molecule has 0 heterocycles. The van der Waals surface area contributed by atoms with Gasteiger partial charge < -0.3 is 20.4 Å². The fourth-order valence-corrected chi connectivity index (χ4v) is 1.44. The highest BCUT2D eigenvalue weighted by atomic mass is 19.4. The van der Waals surface area contributed by atoms with Gasteiger partial charge in [0.05, 0.1) is 0 Å². The molecule has 7 nitrogen and oxygen atoms in total. The second-order valence-corrected chi connectivity index (χ2v) is 4.61. The molecule has 1 atom stereocenters. The third-order valence-corrected chi connectivity index (χ3v) is 2.48. The molecule has 0 aliphatic rings. The first kappa shape index (κ1) is 19.0. The molecule has 122 valence electrons. The highest BCUT2D eigenvalue weighted by molar-refractivity contribution is 5.83. The average Bonchev–Trinajstić information content (AvgIpc) is 2.29. The quantitative estimate of drug-likeness (QED) is 0.656. The lowest BCUT2D eigenvalue weighted by Crippen LogP contribution is -2.52. The molecule has 3 N–H and O–H groups in total. The Kier molecular flexibility index (Phi) is 6.96. The molecular weight excluding hydrogens is 297 g/mol. The maximum Gasteiger partial charge on any atom is 0.406 e. The number of hydrogen-bond donors (Lipinski definition) is 3. The van der Waals surface area contributed by atoms with Crippen LogP contribution in [0.2, 0.25) is 0 Å². The van der Waals surface area contributed by atoms with Crippen LogP contribution in [0.5, 0.6) is 0 Å². The van der Waals surface area contributed by atoms with Gasteiger partial charge in [0.1, 0.15) is 12.6 Å². The number of hydrogen-bond acceptors (Lipinski definition) is 3. The van der Waals surface area contributed by atoms with E-state index in [1.165, 1.54) is 13.8 Å². The Morgan fingerprint density at radius 3 is 2.05 bits per heavy atom. The third-order valence-electron chi connectivity index (χ3n) is 2.48. The van der Waals surface area contributed by atoms with Crippen molar-refractivity contribution >= 4 is 18.0 Å². The number of urea groups is 1. The van der Waals surface area contributed by atoms with Gasteiger partial charge >= 0.3 is 24.1 Å². The van der Waals surface area contributed by atoms with Crippen molar-refractivity contribution in [3.05, 3.63) is 0 Å². The molecular formula is C11H17F3N2O5. The summed E-state index contributed by atoms with van der Waals surface area (Å²) in [4.78, 5) is 33.4. The van der Waals surface area contributed by atoms with Gasteiger partial charge in [-0.2, -0.15) is 13.2 Å². The lowest BCUT2D eigenvalue weighted by molar-refractivity contribution is -0.143. The monoisotopic (exact) mass is 314 g/mol. The van der Waals surface area contributed by atoms with Crippen molar-refractivity contribution in [1.82, 2.24) is 10.2 Å². The number of alkyl halides is 3. The number of halogens is 3. The summed E-state index contributed by atoms with van der Waals surface area (Å²) in [5.41, 5.74) is 0. The molecule has 0 aliphatic carbocycles. The Balaban J connectivity index is 4.83. The first-order valence-corrected chi connectivity index (χ1v) is 6.02. The fraction of sp³-hybridized carbons (Fsp3) is 0.727. The number of aliphatic carboxylic acids is 2. The highest BCUT2D eigenvalue weighted by Gasteiger charge is 2.35. The molecule has 2 amide bonds. The van der Waals surface area contributed by atoms with Crippen molar-refractivity contribution in [2.45, 2.75) is 44.9 Å². The Labute approximate surface area is 118 Å². The van der Waals surface area contributed by atoms with Crippen LogP contribution in [-0.2, 0) is 9.59 Å². The zero-order valence-electron chi connectivity index (χ0n) is 11.5. The minimum absolute atomic E-state index is 0.422. The standard InChI is InChI=1S/C11H17F3N2O5/c1-6(2)16(5-11(12,13)14)10(21)15-7(9(19)20)3-4-8(17)18/h6-7H,3-5H2,1-2H3,(H,15,21)(H,17,18)(H,19,20). The summed E-state index contributed by atoms with van der Waals surface area (Å²) in [7, 11) is 0. The lowest BCUT2D eigenvalue weighted by atomic mass is 10.1. The number of nitrogens with zero attached hydrogens (tertiary/aromatic N) is 1. The predicted octanol–water partition coefficient (Wildman–Crippen LogP) is 1.29. The summed E-state index contributed by atoms with van der Waals surface area (Å²) >= 11 is 0. The minimum Gasteiger partial charge on any atom is -0.481 e. The van der Waals surface area contributed by atoms with Crippen molar-refractivity contribution in [2.75, 3.05) is 6.54 Å². The molecule has 0 aromatic carbocycles. The van der Waals surface area contributed by atoms with Crippen molar-refractivity contribution in [3.63, 3.8) is 0 Å². The molecule has 0 aliphatic heterocycles. The van der Waals surface area contributed by atoms with Gasteiger partial charge in [0.25, 0.3) is 0 Å². The maximum atomic E-state index is 12.4. The summed E-state index contributed by atoms with van der Waals surface area (Å²) in [5, 5.41) is 19.2. The summed E-state index contributed by atoms with van der Waals surface area (Å²) < 4.78 is 37.1. The summed E-state index contributed by atoms with van der Waals surface area (Å²) in [6.07, 6.45) is -5.58. The number of carbonyl (C=O) groups excluding carboxylic acids is 1. The molecule has 0 saturated heterocycles. The van der Waals surface area contributed by atoms with Gasteiger partial charge in [-0.15, -0.1) is 0 Å². The molecule has 0 aromatic rings. The van der Waals surface area contributed by atoms with Crippen LogP contribution >= 0.6 is 0 Å². The Hall–Kier alpha value is -2.00. The smallest absolute Gasteiger partial charge is 0.406 e. The van der Waals surface area contributed by atoms with Crippen molar-refractivity contribution in [2.24, 2.45) is 0 Å². The molecule has 0 spiro atoms. The van der Waals surface area contributed by atoms with E-state index in [1.54, 1.807) is 0 Å². The van der Waals surface area contributed by atoms with E-state index >= 15 is 0 Å². The highest BCUT2D eigenvalue weighted by Crippen LogP contribution is 2.18. The van der Waals surface area contributed by atoms with E-state index in [4.69, 9.17) is 10.2 Å². The fourth-order valence-electron chi connectivity index (χ4n) is 1.44. The van der Waals surface area contributed by atoms with E-state index in [2.05, 4.69) is 0 Å². The number of rotatable bonds is 7. The molecule has 0 bridgehead atoms. The maximum absolute atomic E-state index is 12.4. The molecule has 0 fully saturated rings. The van der Waals surface area contributed by atoms with E-state index in [0.717, 1.165) is 0 Å². The van der Waals surface area contributed by atoms with Gasteiger partial charge in [-0.25, -0.2) is 9.59 Å². The minimum atomic E-state index is -4.62. The van der Waals surface area contributed by atoms with Gasteiger partial charge in [0.15, 0.2) is 0 Å². The molecule has 0 rings (SSSR count). The second kappa shape index (κ2) is 7.70. The molecule has 0 aromatic heterocycles.